The number of halogens is 2. The van der Waals surface area contributed by atoms with Crippen molar-refractivity contribution >= 4 is 47.6 Å². The quantitative estimate of drug-likeness (QED) is 0.565. The number of sulfone groups is 1. The molecule has 6 nitrogen and oxygen atoms in total. The van der Waals surface area contributed by atoms with Crippen molar-refractivity contribution in [3.63, 3.8) is 0 Å². The van der Waals surface area contributed by atoms with Gasteiger partial charge in [-0.25, -0.2) is 12.8 Å². The third kappa shape index (κ3) is 4.35. The van der Waals surface area contributed by atoms with Crippen LogP contribution in [0.4, 0.5) is 4.39 Å². The topological polar surface area (TPSA) is 77.3 Å². The molecule has 128 valence electrons. The molecular formula is C12H20BrFN2O4S2. The van der Waals surface area contributed by atoms with Crippen LogP contribution in [0.15, 0.2) is 10.3 Å². The van der Waals surface area contributed by atoms with Crippen molar-refractivity contribution in [1.29, 1.82) is 0 Å². The van der Waals surface area contributed by atoms with Crippen LogP contribution in [0.1, 0.15) is 27.7 Å². The molecule has 0 aliphatic carbocycles. The van der Waals surface area contributed by atoms with E-state index in [-0.39, 0.29) is 10.4 Å². The molecule has 0 saturated carbocycles. The van der Waals surface area contributed by atoms with Gasteiger partial charge in [0.25, 0.3) is 0 Å². The second-order valence-corrected chi connectivity index (χ2v) is 9.65. The summed E-state index contributed by atoms with van der Waals surface area (Å²) in [5.74, 6) is 0. The lowest BCUT2D eigenvalue weighted by Crippen LogP contribution is -2.37. The van der Waals surface area contributed by atoms with Crippen molar-refractivity contribution in [3.05, 3.63) is 0 Å². The lowest BCUT2D eigenvalue weighted by atomic mass is 10.1. The van der Waals surface area contributed by atoms with Gasteiger partial charge in [0.1, 0.15) is 9.87 Å². The molecule has 0 fully saturated rings. The first kappa shape index (κ1) is 19.7. The molecule has 22 heavy (non-hydrogen) atoms. The molecule has 0 bridgehead atoms. The highest BCUT2D eigenvalue weighted by molar-refractivity contribution is 9.10. The molecule has 2 atom stereocenters. The molecule has 2 heterocycles. The van der Waals surface area contributed by atoms with Crippen molar-refractivity contribution in [2.75, 3.05) is 12.5 Å². The van der Waals surface area contributed by atoms with Crippen LogP contribution in [0.2, 0.25) is 0 Å². The van der Waals surface area contributed by atoms with E-state index in [1.54, 1.807) is 11.8 Å². The van der Waals surface area contributed by atoms with E-state index in [4.69, 9.17) is 4.84 Å². The Morgan fingerprint density at radius 1 is 1.18 bits per heavy atom. The Balaban J connectivity index is 0.000000224. The van der Waals surface area contributed by atoms with Crippen LogP contribution in [0.3, 0.4) is 0 Å². The largest absolute Gasteiger partial charge is 0.387 e. The molecule has 0 spiro atoms. The predicted octanol–water partition coefficient (Wildman–Crippen LogP) is 2.73. The standard InChI is InChI=1S/C6H10BrNOS.C6H10FNO3S/c1-6(2)4(7)5(10-3)8-9-6;1-6(2)4(7)5(8-11-6)12(3,9)10/h4H,1-3H3;4H,1-3H3. The molecule has 0 saturated heterocycles. The normalized spacial score (nSPS) is 28.7. The second kappa shape index (κ2) is 6.64. The molecule has 0 aromatic carbocycles. The third-order valence-electron chi connectivity index (χ3n) is 2.99. The lowest BCUT2D eigenvalue weighted by molar-refractivity contribution is -0.0232. The summed E-state index contributed by atoms with van der Waals surface area (Å²) in [6.45, 7) is 6.91. The van der Waals surface area contributed by atoms with Gasteiger partial charge >= 0.3 is 0 Å². The van der Waals surface area contributed by atoms with Gasteiger partial charge in [-0.3, -0.25) is 0 Å². The fourth-order valence-corrected chi connectivity index (χ4v) is 3.66. The van der Waals surface area contributed by atoms with Gasteiger partial charge in [-0.1, -0.05) is 26.2 Å². The van der Waals surface area contributed by atoms with Gasteiger partial charge in [-0.2, -0.15) is 0 Å². The van der Waals surface area contributed by atoms with Crippen LogP contribution in [0.25, 0.3) is 0 Å². The van der Waals surface area contributed by atoms with E-state index in [1.165, 1.54) is 13.8 Å². The monoisotopic (exact) mass is 418 g/mol. The number of alkyl halides is 2. The first-order chi connectivity index (χ1) is 9.83. The van der Waals surface area contributed by atoms with Crippen LogP contribution < -0.4 is 0 Å². The van der Waals surface area contributed by atoms with E-state index < -0.39 is 26.7 Å². The van der Waals surface area contributed by atoms with Crippen LogP contribution in [-0.4, -0.2) is 53.2 Å². The Bertz CT molecular complexity index is 590. The maximum absolute atomic E-state index is 13.2. The number of hydrogen-bond donors (Lipinski definition) is 0. The summed E-state index contributed by atoms with van der Waals surface area (Å²) in [6, 6.07) is 0. The first-order valence-electron chi connectivity index (χ1n) is 6.37. The van der Waals surface area contributed by atoms with E-state index >= 15 is 0 Å². The zero-order valence-electron chi connectivity index (χ0n) is 13.3. The molecule has 2 aliphatic heterocycles. The van der Waals surface area contributed by atoms with E-state index in [0.717, 1.165) is 11.3 Å². The van der Waals surface area contributed by atoms with Gasteiger partial charge in [0.15, 0.2) is 27.2 Å². The third-order valence-corrected chi connectivity index (χ3v) is 6.59. The fourth-order valence-electron chi connectivity index (χ4n) is 1.50. The summed E-state index contributed by atoms with van der Waals surface area (Å²) in [5.41, 5.74) is -1.35. The smallest absolute Gasteiger partial charge is 0.209 e. The fraction of sp³-hybridized carbons (Fsp3) is 0.833. The molecule has 0 N–H and O–H groups in total. The molecule has 0 aromatic heterocycles. The molecule has 2 rings (SSSR count). The second-order valence-electron chi connectivity index (χ2n) is 5.95. The number of oxime groups is 2. The minimum Gasteiger partial charge on any atom is -0.387 e. The highest BCUT2D eigenvalue weighted by Gasteiger charge is 2.46. The van der Waals surface area contributed by atoms with Gasteiger partial charge in [-0.05, 0) is 34.0 Å². The van der Waals surface area contributed by atoms with Gasteiger partial charge in [0.05, 0.1) is 0 Å². The van der Waals surface area contributed by atoms with Gasteiger partial charge in [0, 0.05) is 6.26 Å². The molecule has 0 radical (unpaired) electrons. The van der Waals surface area contributed by atoms with Crippen molar-refractivity contribution < 1.29 is 22.5 Å². The minimum absolute atomic E-state index is 0.182. The highest BCUT2D eigenvalue weighted by Crippen LogP contribution is 2.32. The van der Waals surface area contributed by atoms with E-state index in [1.807, 2.05) is 20.1 Å². The number of hydrogen-bond acceptors (Lipinski definition) is 7. The summed E-state index contributed by atoms with van der Waals surface area (Å²) >= 11 is 5.13. The summed E-state index contributed by atoms with van der Waals surface area (Å²) < 4.78 is 35.0. The Kier molecular flexibility index (Phi) is 5.95. The SMILES string of the molecule is CC1(C)ON=C(S(C)(=O)=O)C1F.CSC1=NOC(C)(C)C1Br. The summed E-state index contributed by atoms with van der Waals surface area (Å²) in [5, 5.41) is 7.61. The maximum atomic E-state index is 13.2. The van der Waals surface area contributed by atoms with Crippen molar-refractivity contribution in [2.24, 2.45) is 10.3 Å². The predicted molar refractivity (Wildman–Crippen MR) is 91.2 cm³/mol. The Labute approximate surface area is 142 Å². The van der Waals surface area contributed by atoms with Crippen molar-refractivity contribution in [2.45, 2.75) is 49.9 Å². The molecular weight excluding hydrogens is 399 g/mol. The van der Waals surface area contributed by atoms with Crippen LogP contribution in [-0.2, 0) is 19.5 Å². The minimum atomic E-state index is -3.57. The summed E-state index contributed by atoms with van der Waals surface area (Å²) in [7, 11) is -3.57. The Morgan fingerprint density at radius 2 is 1.68 bits per heavy atom. The van der Waals surface area contributed by atoms with Crippen molar-refractivity contribution in [1.82, 2.24) is 0 Å². The van der Waals surface area contributed by atoms with Crippen molar-refractivity contribution in [3.8, 4) is 0 Å². The van der Waals surface area contributed by atoms with Gasteiger partial charge < -0.3 is 9.68 Å². The number of nitrogens with zero attached hydrogens (tertiary/aromatic N) is 2. The van der Waals surface area contributed by atoms with Crippen LogP contribution in [0, 0.1) is 0 Å². The van der Waals surface area contributed by atoms with E-state index in [2.05, 4.69) is 31.1 Å². The average Bonchev–Trinajstić information content (AvgIpc) is 2.78. The Hall–Kier alpha value is -0.350. The lowest BCUT2D eigenvalue weighted by Gasteiger charge is -2.18. The Morgan fingerprint density at radius 3 is 1.86 bits per heavy atom. The van der Waals surface area contributed by atoms with E-state index in [9.17, 15) is 12.8 Å². The van der Waals surface area contributed by atoms with Crippen LogP contribution in [0.5, 0.6) is 0 Å². The van der Waals surface area contributed by atoms with E-state index in [0.29, 0.717) is 0 Å². The van der Waals surface area contributed by atoms with Gasteiger partial charge in [0.2, 0.25) is 5.04 Å². The summed E-state index contributed by atoms with van der Waals surface area (Å²) in [6.07, 6.45) is 1.23. The zero-order valence-corrected chi connectivity index (χ0v) is 16.5. The molecule has 0 amide bonds. The van der Waals surface area contributed by atoms with Gasteiger partial charge in [-0.15, -0.1) is 11.8 Å². The number of rotatable bonds is 0. The molecule has 2 aliphatic rings. The average molecular weight is 419 g/mol. The highest BCUT2D eigenvalue weighted by atomic mass is 79.9. The first-order valence-corrected chi connectivity index (χ1v) is 10.4. The zero-order chi connectivity index (χ0) is 17.3. The molecule has 2 unspecified atom stereocenters. The maximum Gasteiger partial charge on any atom is 0.209 e. The van der Waals surface area contributed by atoms with Crippen LogP contribution >= 0.6 is 27.7 Å². The molecule has 0 aromatic rings. The number of thioether (sulfide) groups is 1. The molecule has 10 heteroatoms. The summed E-state index contributed by atoms with van der Waals surface area (Å²) in [4.78, 5) is 10.0.